The highest BCUT2D eigenvalue weighted by molar-refractivity contribution is 5.88. The summed E-state index contributed by atoms with van der Waals surface area (Å²) < 4.78 is 5.13. The Hall–Kier alpha value is -1.39. The number of nitrogens with one attached hydrogen (secondary N) is 1. The number of ether oxygens (including phenoxy) is 1. The van der Waals surface area contributed by atoms with E-state index in [1.54, 1.807) is 20.8 Å². The number of carbonyl (C=O) groups is 2. The lowest BCUT2D eigenvalue weighted by molar-refractivity contribution is -0.120. The molecule has 0 aromatic heterocycles. The molecule has 0 aromatic rings. The number of alkyl carbamates (subject to hydrolysis) is 1. The molecule has 0 spiro atoms. The summed E-state index contributed by atoms with van der Waals surface area (Å²) in [6.45, 7) is 8.56. The Morgan fingerprint density at radius 3 is 2.44 bits per heavy atom. The lowest BCUT2D eigenvalue weighted by atomic mass is 9.81. The van der Waals surface area contributed by atoms with E-state index in [1.807, 2.05) is 0 Å². The van der Waals surface area contributed by atoms with Gasteiger partial charge in [0.2, 0.25) is 0 Å². The molecule has 2 amide bonds. The molecule has 1 rings (SSSR count). The minimum absolute atomic E-state index is 0.396. The van der Waals surface area contributed by atoms with Crippen LogP contribution < -0.4 is 5.32 Å². The van der Waals surface area contributed by atoms with Crippen molar-refractivity contribution in [2.45, 2.75) is 58.1 Å². The average molecular weight is 254 g/mol. The zero-order valence-corrected chi connectivity index (χ0v) is 11.4. The van der Waals surface area contributed by atoms with Crippen LogP contribution in [0.1, 0.15) is 46.5 Å². The second-order valence-corrected chi connectivity index (χ2v) is 5.73. The number of rotatable bonds is 4. The maximum atomic E-state index is 11.6. The first-order valence-corrected chi connectivity index (χ1v) is 6.32. The molecule has 0 aromatic carbocycles. The van der Waals surface area contributed by atoms with Crippen LogP contribution in [-0.2, 0) is 9.53 Å². The summed E-state index contributed by atoms with van der Waals surface area (Å²) in [7, 11) is 0. The molecule has 1 aliphatic carbocycles. The Morgan fingerprint density at radius 1 is 1.44 bits per heavy atom. The van der Waals surface area contributed by atoms with Crippen molar-refractivity contribution in [3.63, 3.8) is 0 Å². The van der Waals surface area contributed by atoms with Gasteiger partial charge in [-0.15, -0.1) is 0 Å². The summed E-state index contributed by atoms with van der Waals surface area (Å²) in [5.41, 5.74) is -0.574. The van der Waals surface area contributed by atoms with E-state index in [9.17, 15) is 9.59 Å². The third-order valence-electron chi connectivity index (χ3n) is 2.94. The van der Waals surface area contributed by atoms with Crippen LogP contribution >= 0.6 is 0 Å². The summed E-state index contributed by atoms with van der Waals surface area (Å²) in [5.74, 6) is 0.100. The molecule has 0 saturated heterocycles. The van der Waals surface area contributed by atoms with Crippen molar-refractivity contribution in [1.29, 1.82) is 0 Å². The lowest BCUT2D eigenvalue weighted by Crippen LogP contribution is -2.44. The molecule has 0 heterocycles. The van der Waals surface area contributed by atoms with Crippen molar-refractivity contribution in [3.05, 3.63) is 0 Å². The van der Waals surface area contributed by atoms with Crippen LogP contribution in [0, 0.1) is 5.92 Å². The highest BCUT2D eigenvalue weighted by atomic mass is 16.6. The molecule has 1 atom stereocenters. The number of hydrogen-bond acceptors (Lipinski definition) is 3. The summed E-state index contributed by atoms with van der Waals surface area (Å²) in [6, 6.07) is -0.609. The molecule has 0 radical (unpaired) electrons. The fourth-order valence-electron chi connectivity index (χ4n) is 1.84. The summed E-state index contributed by atoms with van der Waals surface area (Å²) in [4.78, 5) is 26.6. The van der Waals surface area contributed by atoms with Gasteiger partial charge in [0.15, 0.2) is 0 Å². The molecule has 1 fully saturated rings. The fourth-order valence-corrected chi connectivity index (χ4v) is 1.84. The van der Waals surface area contributed by atoms with E-state index in [0.717, 1.165) is 12.8 Å². The predicted octanol–water partition coefficient (Wildman–Crippen LogP) is 2.30. The highest BCUT2D eigenvalue weighted by Crippen LogP contribution is 2.30. The van der Waals surface area contributed by atoms with Crippen LogP contribution in [0.3, 0.4) is 0 Å². The van der Waals surface area contributed by atoms with Crippen molar-refractivity contribution in [3.8, 4) is 0 Å². The van der Waals surface area contributed by atoms with Gasteiger partial charge < -0.3 is 10.1 Å². The van der Waals surface area contributed by atoms with Crippen molar-refractivity contribution < 1.29 is 14.3 Å². The zero-order valence-electron chi connectivity index (χ0n) is 11.4. The quantitative estimate of drug-likeness (QED) is 0.783. The Balaban J connectivity index is 2.51. The van der Waals surface area contributed by atoms with Gasteiger partial charge in [0.05, 0.1) is 0 Å². The Labute approximate surface area is 108 Å². The normalized spacial score (nSPS) is 17.5. The molecular formula is C13H22N2O3. The van der Waals surface area contributed by atoms with E-state index in [-0.39, 0.29) is 0 Å². The first-order valence-electron chi connectivity index (χ1n) is 6.32. The molecule has 1 unspecified atom stereocenters. The minimum Gasteiger partial charge on any atom is -0.444 e. The van der Waals surface area contributed by atoms with Gasteiger partial charge in [-0.05, 0) is 39.8 Å². The standard InChI is InChI=1S/C13H22N2O3/c1-13(2,3)18-12(17)15-10(11(16)14-4)8-9-6-5-7-9/h9-10H,4-8H2,1-3H3,(H,15,17). The summed E-state index contributed by atoms with van der Waals surface area (Å²) in [5, 5.41) is 2.58. The first kappa shape index (κ1) is 14.7. The third-order valence-corrected chi connectivity index (χ3v) is 2.94. The fraction of sp³-hybridized carbons (Fsp3) is 0.769. The van der Waals surface area contributed by atoms with E-state index in [0.29, 0.717) is 12.3 Å². The topological polar surface area (TPSA) is 67.8 Å². The van der Waals surface area contributed by atoms with Crippen LogP contribution in [0.25, 0.3) is 0 Å². The molecule has 18 heavy (non-hydrogen) atoms. The maximum Gasteiger partial charge on any atom is 0.408 e. The minimum atomic E-state index is -0.609. The van der Waals surface area contributed by atoms with Crippen LogP contribution in [0.15, 0.2) is 4.99 Å². The Kier molecular flexibility index (Phi) is 4.87. The first-order chi connectivity index (χ1) is 8.31. The molecule has 102 valence electrons. The van der Waals surface area contributed by atoms with E-state index < -0.39 is 23.6 Å². The largest absolute Gasteiger partial charge is 0.444 e. The Bertz CT molecular complexity index is 330. The van der Waals surface area contributed by atoms with Crippen molar-refractivity contribution >= 4 is 18.7 Å². The van der Waals surface area contributed by atoms with Crippen LogP contribution in [-0.4, -0.2) is 30.4 Å². The number of hydrogen-bond donors (Lipinski definition) is 1. The van der Waals surface area contributed by atoms with Gasteiger partial charge in [0.1, 0.15) is 11.6 Å². The van der Waals surface area contributed by atoms with Gasteiger partial charge in [-0.1, -0.05) is 19.3 Å². The summed E-state index contributed by atoms with van der Waals surface area (Å²) >= 11 is 0. The Morgan fingerprint density at radius 2 is 2.06 bits per heavy atom. The van der Waals surface area contributed by atoms with Crippen LogP contribution in [0.5, 0.6) is 0 Å². The maximum absolute atomic E-state index is 11.6. The smallest absolute Gasteiger partial charge is 0.408 e. The summed E-state index contributed by atoms with van der Waals surface area (Å²) in [6.07, 6.45) is 3.45. The number of aliphatic imine (C=N–C) groups is 1. The second-order valence-electron chi connectivity index (χ2n) is 5.73. The molecule has 1 aliphatic rings. The van der Waals surface area contributed by atoms with Gasteiger partial charge in [-0.2, -0.15) is 0 Å². The number of carbonyl (C=O) groups excluding carboxylic acids is 2. The second kappa shape index (κ2) is 5.98. The van der Waals surface area contributed by atoms with E-state index in [1.165, 1.54) is 6.42 Å². The van der Waals surface area contributed by atoms with Gasteiger partial charge >= 0.3 is 6.09 Å². The average Bonchev–Trinajstić information content (AvgIpc) is 2.17. The SMILES string of the molecule is C=NC(=O)C(CC1CCC1)NC(=O)OC(C)(C)C. The van der Waals surface area contributed by atoms with E-state index >= 15 is 0 Å². The zero-order chi connectivity index (χ0) is 13.8. The molecular weight excluding hydrogens is 232 g/mol. The van der Waals surface area contributed by atoms with Gasteiger partial charge in [0.25, 0.3) is 5.91 Å². The molecule has 0 aliphatic heterocycles. The molecule has 5 nitrogen and oxygen atoms in total. The van der Waals surface area contributed by atoms with Gasteiger partial charge in [-0.3, -0.25) is 4.79 Å². The van der Waals surface area contributed by atoms with E-state index in [4.69, 9.17) is 4.74 Å². The van der Waals surface area contributed by atoms with Crippen molar-refractivity contribution in [2.24, 2.45) is 10.9 Å². The van der Waals surface area contributed by atoms with Gasteiger partial charge in [-0.25, -0.2) is 9.79 Å². The third kappa shape index (κ3) is 4.85. The molecule has 5 heteroatoms. The highest BCUT2D eigenvalue weighted by Gasteiger charge is 2.28. The van der Waals surface area contributed by atoms with Crippen LogP contribution in [0.4, 0.5) is 4.79 Å². The lowest BCUT2D eigenvalue weighted by Gasteiger charge is -2.29. The number of nitrogens with zero attached hydrogens (tertiary/aromatic N) is 1. The molecule has 0 bridgehead atoms. The predicted molar refractivity (Wildman–Crippen MR) is 69.7 cm³/mol. The molecule has 1 N–H and O–H groups in total. The van der Waals surface area contributed by atoms with Crippen molar-refractivity contribution in [1.82, 2.24) is 5.32 Å². The molecule has 1 saturated carbocycles. The van der Waals surface area contributed by atoms with Crippen LogP contribution in [0.2, 0.25) is 0 Å². The monoisotopic (exact) mass is 254 g/mol. The van der Waals surface area contributed by atoms with Crippen molar-refractivity contribution in [2.75, 3.05) is 0 Å². The number of amides is 2. The van der Waals surface area contributed by atoms with E-state index in [2.05, 4.69) is 17.0 Å². The van der Waals surface area contributed by atoms with Gasteiger partial charge in [0, 0.05) is 0 Å².